The fraction of sp³-hybridized carbons (Fsp3) is 0.247. The number of nitrogens with zero attached hydrogens (tertiary/aromatic N) is 3. The van der Waals surface area contributed by atoms with Crippen molar-refractivity contribution >= 4 is 45.7 Å². The van der Waals surface area contributed by atoms with Crippen LogP contribution in [0.4, 0.5) is 17.1 Å². The number of hydrogen-bond donors (Lipinski definition) is 0. The van der Waals surface area contributed by atoms with Crippen molar-refractivity contribution < 1.29 is 4.42 Å². The van der Waals surface area contributed by atoms with Crippen LogP contribution in [0.5, 0.6) is 0 Å². The Morgan fingerprint density at radius 3 is 2.13 bits per heavy atom. The van der Waals surface area contributed by atoms with Crippen molar-refractivity contribution in [2.75, 3.05) is 14.7 Å². The summed E-state index contributed by atoms with van der Waals surface area (Å²) in [5, 5.41) is 2.25. The Kier molecular flexibility index (Phi) is 15.3. The average molecular weight is 1070 g/mol. The lowest BCUT2D eigenvalue weighted by Gasteiger charge is -2.43. The molecule has 6 aromatic carbocycles. The molecule has 0 radical (unpaired) electrons. The maximum atomic E-state index is 6.29. The molecule has 1 aromatic heterocycles. The number of rotatable bonds is 11. The number of allylic oxidation sites excluding steroid dienone is 15. The monoisotopic (exact) mass is 1070 g/mol. The lowest BCUT2D eigenvalue weighted by molar-refractivity contribution is 0.215. The molecule has 4 aliphatic rings. The molecule has 2 atom stereocenters. The van der Waals surface area contributed by atoms with Gasteiger partial charge in [0.05, 0.1) is 5.69 Å². The Bertz CT molecular complexity index is 3880. The van der Waals surface area contributed by atoms with Gasteiger partial charge < -0.3 is 19.1 Å². The average Bonchev–Trinajstić information content (AvgIpc) is 2.47. The third kappa shape index (κ3) is 11.4. The molecule has 2 aliphatic carbocycles. The summed E-state index contributed by atoms with van der Waals surface area (Å²) in [6.07, 6.45) is 30.7. The third-order valence-corrected chi connectivity index (χ3v) is 17.4. The van der Waals surface area contributed by atoms with Crippen LogP contribution in [0.1, 0.15) is 101 Å². The molecule has 5 heteroatoms. The number of fused-ring (bicyclic) bond motifs is 5. The lowest BCUT2D eigenvalue weighted by Crippen LogP contribution is -2.41. The maximum Gasteiger partial charge on any atom is 0.243 e. The molecule has 11 rings (SSSR count). The standard InChI is InChI=1S/C77H80BN3O/c1-53(55(3)76(7,8)9)37-42-64-51-78-68-35-26-33-63(80(61-31-22-17-23-32-61)60-29-20-14-13-15-21-30-60)50-72(68)81(62-43-38-56(39-44-62)58-40-46-74-67(48-58)65-34-24-25-36-73(65)82-74)71(47-54(2)75(4,5)6)69(78)52-79(64)70-45-41-59(77(10,11)12)49-66(70)57-27-18-16-19-28-57/h13-20,22-29,31-32,34-53,55H,2,21,30,33H2,1,3-12H3/b15-13?,20-14-,42-37-,60-29+,71-47+/t53-,55?/m0/s1. The summed E-state index contributed by atoms with van der Waals surface area (Å²) in [4.78, 5) is 7.55. The van der Waals surface area contributed by atoms with E-state index in [-0.39, 0.29) is 23.0 Å². The summed E-state index contributed by atoms with van der Waals surface area (Å²) in [5.41, 5.74) is 20.4. The van der Waals surface area contributed by atoms with E-state index in [1.807, 2.05) is 12.1 Å². The zero-order chi connectivity index (χ0) is 57.5. The van der Waals surface area contributed by atoms with E-state index in [4.69, 9.17) is 11.0 Å². The smallest absolute Gasteiger partial charge is 0.243 e. The Labute approximate surface area is 489 Å². The van der Waals surface area contributed by atoms with E-state index in [1.165, 1.54) is 39.0 Å². The van der Waals surface area contributed by atoms with Gasteiger partial charge >= 0.3 is 0 Å². The molecular weight excluding hydrogens is 994 g/mol. The molecule has 1 unspecified atom stereocenters. The van der Waals surface area contributed by atoms with E-state index in [9.17, 15) is 0 Å². The van der Waals surface area contributed by atoms with E-state index < -0.39 is 0 Å². The van der Waals surface area contributed by atoms with Crippen molar-refractivity contribution in [1.82, 2.24) is 0 Å². The van der Waals surface area contributed by atoms with Crippen molar-refractivity contribution in [3.63, 3.8) is 0 Å². The highest BCUT2D eigenvalue weighted by Crippen LogP contribution is 2.48. The summed E-state index contributed by atoms with van der Waals surface area (Å²) in [5.74, 6) is 3.34. The Morgan fingerprint density at radius 1 is 0.695 bits per heavy atom. The molecule has 82 heavy (non-hydrogen) atoms. The molecule has 2 aliphatic heterocycles. The first-order valence-electron chi connectivity index (χ1n) is 29.6. The zero-order valence-electron chi connectivity index (χ0n) is 50.2. The largest absolute Gasteiger partial charge is 0.456 e. The topological polar surface area (TPSA) is 22.9 Å². The molecule has 4 nitrogen and oxygen atoms in total. The minimum absolute atomic E-state index is 0.0510. The summed E-state index contributed by atoms with van der Waals surface area (Å²) >= 11 is 0. The van der Waals surface area contributed by atoms with Gasteiger partial charge in [0.15, 0.2) is 0 Å². The molecule has 0 bridgehead atoms. The first-order chi connectivity index (χ1) is 39.3. The highest BCUT2D eigenvalue weighted by molar-refractivity contribution is 6.81. The van der Waals surface area contributed by atoms with E-state index >= 15 is 0 Å². The SMILES string of the molecule is C=C(/C=C1\C2=CN(c3ccc(C(C)(C)C)cc3-c3ccccc3)C(/C=C\[C@H](C)C(C)C(C)(C)C)=CB2C2=C(C=C(N(/C3=C/C=C\C=CCC3)c3ccccc3)CC=C2)N1c1ccc(-c2ccc3oc4ccccc4c3c2)cc1)C(C)(C)C. The highest BCUT2D eigenvalue weighted by atomic mass is 16.3. The van der Waals surface area contributed by atoms with Gasteiger partial charge in [-0.2, -0.15) is 0 Å². The molecule has 3 heterocycles. The number of benzene rings is 6. The second-order valence-corrected chi connectivity index (χ2v) is 26.0. The van der Waals surface area contributed by atoms with Gasteiger partial charge in [-0.25, -0.2) is 0 Å². The van der Waals surface area contributed by atoms with Gasteiger partial charge in [-0.15, -0.1) is 0 Å². The van der Waals surface area contributed by atoms with E-state index in [0.717, 1.165) is 92.1 Å². The van der Waals surface area contributed by atoms with Crippen LogP contribution >= 0.6 is 0 Å². The van der Waals surface area contributed by atoms with Crippen LogP contribution in [0.25, 0.3) is 44.2 Å². The van der Waals surface area contributed by atoms with Gasteiger partial charge in [-0.1, -0.05) is 222 Å². The van der Waals surface area contributed by atoms with Gasteiger partial charge in [0.2, 0.25) is 6.71 Å². The van der Waals surface area contributed by atoms with E-state index in [1.54, 1.807) is 0 Å². The van der Waals surface area contributed by atoms with Crippen LogP contribution in [-0.2, 0) is 5.41 Å². The molecule has 0 saturated carbocycles. The lowest BCUT2D eigenvalue weighted by atomic mass is 9.36. The normalized spacial score (nSPS) is 18.3. The molecule has 7 aromatic rings. The Morgan fingerprint density at radius 2 is 1.40 bits per heavy atom. The van der Waals surface area contributed by atoms with Crippen molar-refractivity contribution in [3.8, 4) is 22.3 Å². The fourth-order valence-electron chi connectivity index (χ4n) is 11.8. The summed E-state index contributed by atoms with van der Waals surface area (Å²) in [6, 6.07) is 53.2. The Hall–Kier alpha value is -8.28. The number of furan rings is 1. The van der Waals surface area contributed by atoms with Gasteiger partial charge in [0, 0.05) is 68.8 Å². The Balaban J connectivity index is 1.18. The molecule has 0 amide bonds. The zero-order valence-corrected chi connectivity index (χ0v) is 50.2. The second kappa shape index (κ2) is 22.6. The molecule has 0 saturated heterocycles. The first kappa shape index (κ1) is 55.6. The maximum absolute atomic E-state index is 6.29. The van der Waals surface area contributed by atoms with Crippen LogP contribution < -0.4 is 14.7 Å². The number of hydrogen-bond acceptors (Lipinski definition) is 4. The molecular formula is C77H80BN3O. The minimum atomic E-state index is -0.217. The van der Waals surface area contributed by atoms with Gasteiger partial charge in [0.25, 0.3) is 0 Å². The van der Waals surface area contributed by atoms with Crippen LogP contribution in [0.15, 0.2) is 281 Å². The highest BCUT2D eigenvalue weighted by Gasteiger charge is 2.41. The third-order valence-electron chi connectivity index (χ3n) is 17.4. The first-order valence-corrected chi connectivity index (χ1v) is 29.6. The van der Waals surface area contributed by atoms with E-state index in [0.29, 0.717) is 11.8 Å². The van der Waals surface area contributed by atoms with Gasteiger partial charge in [-0.05, 0) is 159 Å². The van der Waals surface area contributed by atoms with Crippen LogP contribution in [-0.4, -0.2) is 6.71 Å². The van der Waals surface area contributed by atoms with Crippen LogP contribution in [0, 0.1) is 22.7 Å². The van der Waals surface area contributed by atoms with Gasteiger partial charge in [0.1, 0.15) is 11.2 Å². The number of anilines is 3. The quantitative estimate of drug-likeness (QED) is 0.120. The second-order valence-electron chi connectivity index (χ2n) is 26.0. The predicted octanol–water partition coefficient (Wildman–Crippen LogP) is 21.2. The molecule has 0 N–H and O–H groups in total. The van der Waals surface area contributed by atoms with Crippen LogP contribution in [0.2, 0.25) is 0 Å². The number of para-hydroxylation sites is 2. The van der Waals surface area contributed by atoms with Gasteiger partial charge in [-0.3, -0.25) is 0 Å². The van der Waals surface area contributed by atoms with Crippen molar-refractivity contribution in [2.45, 2.75) is 101 Å². The van der Waals surface area contributed by atoms with Crippen LogP contribution in [0.3, 0.4) is 0 Å². The predicted molar refractivity (Wildman–Crippen MR) is 354 cm³/mol. The van der Waals surface area contributed by atoms with Crippen molar-refractivity contribution in [3.05, 3.63) is 282 Å². The molecule has 412 valence electrons. The summed E-state index contributed by atoms with van der Waals surface area (Å²) in [7, 11) is 0. The minimum Gasteiger partial charge on any atom is -0.456 e. The summed E-state index contributed by atoms with van der Waals surface area (Å²) < 4.78 is 6.29. The van der Waals surface area contributed by atoms with Crippen molar-refractivity contribution in [2.24, 2.45) is 22.7 Å². The summed E-state index contributed by atoms with van der Waals surface area (Å²) in [6.45, 7) is 30.4. The molecule has 0 spiro atoms. The molecule has 0 fully saturated rings. The van der Waals surface area contributed by atoms with E-state index in [2.05, 4.69) is 303 Å². The fourth-order valence-corrected chi connectivity index (χ4v) is 11.8. The van der Waals surface area contributed by atoms with Crippen molar-refractivity contribution in [1.29, 1.82) is 0 Å².